The Kier molecular flexibility index (Phi) is 5.51. The number of rotatable bonds is 6. The van der Waals surface area contributed by atoms with Crippen molar-refractivity contribution in [2.24, 2.45) is 0 Å². The summed E-state index contributed by atoms with van der Waals surface area (Å²) in [6.45, 7) is 0.183. The van der Waals surface area contributed by atoms with Gasteiger partial charge in [-0.1, -0.05) is 30.0 Å². The molecule has 11 heteroatoms. The number of carbonyl (C=O) groups is 1. The maximum absolute atomic E-state index is 12.4. The Hall–Kier alpha value is -3.05. The van der Waals surface area contributed by atoms with E-state index in [0.29, 0.717) is 28.9 Å². The minimum absolute atomic E-state index is 0.00212. The molecular formula is C21H20N4O5S2. The highest BCUT2D eigenvalue weighted by Crippen LogP contribution is 2.37. The molecule has 5 rings (SSSR count). The summed E-state index contributed by atoms with van der Waals surface area (Å²) in [6.07, 6.45) is 0.452. The summed E-state index contributed by atoms with van der Waals surface area (Å²) in [6, 6.07) is 14.9. The molecule has 3 aromatic rings. The number of ether oxygens (including phenoxy) is 2. The van der Waals surface area contributed by atoms with Crippen LogP contribution in [0.2, 0.25) is 0 Å². The van der Waals surface area contributed by atoms with Crippen molar-refractivity contribution < 1.29 is 22.7 Å². The number of fused-ring (bicyclic) bond motifs is 1. The minimum atomic E-state index is -3.05. The molecular weight excluding hydrogens is 452 g/mol. The van der Waals surface area contributed by atoms with Crippen LogP contribution in [0.1, 0.15) is 6.42 Å². The molecule has 1 aromatic heterocycles. The number of nitrogens with zero attached hydrogens (tertiary/aromatic N) is 3. The van der Waals surface area contributed by atoms with Crippen LogP contribution >= 0.6 is 11.8 Å². The monoisotopic (exact) mass is 472 g/mol. The number of sulfone groups is 1. The smallest absolute Gasteiger partial charge is 0.231 e. The molecule has 3 heterocycles. The molecule has 1 fully saturated rings. The number of nitrogens with one attached hydrogen (secondary N) is 1. The summed E-state index contributed by atoms with van der Waals surface area (Å²) in [5, 5.41) is 12.0. The number of benzene rings is 2. The second-order valence-electron chi connectivity index (χ2n) is 7.50. The van der Waals surface area contributed by atoms with Gasteiger partial charge in [0.15, 0.2) is 32.3 Å². The molecule has 1 saturated heterocycles. The maximum atomic E-state index is 12.4. The average Bonchev–Trinajstić information content (AvgIpc) is 3.50. The highest BCUT2D eigenvalue weighted by atomic mass is 32.2. The van der Waals surface area contributed by atoms with Gasteiger partial charge in [0.05, 0.1) is 17.3 Å². The fourth-order valence-corrected chi connectivity index (χ4v) is 6.14. The van der Waals surface area contributed by atoms with Gasteiger partial charge in [-0.25, -0.2) is 8.42 Å². The zero-order valence-corrected chi connectivity index (χ0v) is 18.6. The molecule has 32 heavy (non-hydrogen) atoms. The first-order chi connectivity index (χ1) is 15.5. The lowest BCUT2D eigenvalue weighted by Gasteiger charge is -2.12. The molecule has 0 spiro atoms. The normalized spacial score (nSPS) is 18.6. The topological polar surface area (TPSA) is 112 Å². The Balaban J connectivity index is 1.39. The molecule has 9 nitrogen and oxygen atoms in total. The summed E-state index contributed by atoms with van der Waals surface area (Å²) in [5.41, 5.74) is 1.66. The summed E-state index contributed by atoms with van der Waals surface area (Å²) in [5.74, 6) is 1.92. The number of hydrogen-bond acceptors (Lipinski definition) is 8. The van der Waals surface area contributed by atoms with Crippen LogP contribution in [0.5, 0.6) is 11.5 Å². The maximum Gasteiger partial charge on any atom is 0.231 e. The van der Waals surface area contributed by atoms with Gasteiger partial charge < -0.3 is 14.8 Å². The zero-order valence-electron chi connectivity index (χ0n) is 16.9. The molecule has 2 aliphatic rings. The highest BCUT2D eigenvalue weighted by molar-refractivity contribution is 7.99. The van der Waals surface area contributed by atoms with Crippen LogP contribution in [0.15, 0.2) is 53.7 Å². The third-order valence-electron chi connectivity index (χ3n) is 5.21. The molecule has 0 radical (unpaired) electrons. The van der Waals surface area contributed by atoms with Gasteiger partial charge in [-0.15, -0.1) is 10.2 Å². The van der Waals surface area contributed by atoms with Crippen molar-refractivity contribution in [3.8, 4) is 28.6 Å². The van der Waals surface area contributed by atoms with E-state index in [1.807, 2.05) is 53.1 Å². The Bertz CT molecular complexity index is 1260. The van der Waals surface area contributed by atoms with Gasteiger partial charge in [0, 0.05) is 17.3 Å². The van der Waals surface area contributed by atoms with Crippen molar-refractivity contribution >= 4 is 27.5 Å². The van der Waals surface area contributed by atoms with Crippen molar-refractivity contribution in [2.75, 3.05) is 24.1 Å². The molecule has 0 bridgehead atoms. The zero-order chi connectivity index (χ0) is 22.1. The van der Waals surface area contributed by atoms with Gasteiger partial charge in [-0.2, -0.15) is 0 Å². The number of amides is 1. The van der Waals surface area contributed by atoms with Gasteiger partial charge in [-0.05, 0) is 36.8 Å². The van der Waals surface area contributed by atoms with E-state index in [0.717, 1.165) is 11.3 Å². The van der Waals surface area contributed by atoms with E-state index < -0.39 is 9.84 Å². The molecule has 166 valence electrons. The lowest BCUT2D eigenvalue weighted by molar-refractivity contribution is -0.119. The third kappa shape index (κ3) is 4.30. The lowest BCUT2D eigenvalue weighted by atomic mass is 10.2. The minimum Gasteiger partial charge on any atom is -0.454 e. The highest BCUT2D eigenvalue weighted by Gasteiger charge is 2.29. The molecule has 2 aromatic carbocycles. The van der Waals surface area contributed by atoms with Crippen LogP contribution in [-0.4, -0.2) is 59.2 Å². The van der Waals surface area contributed by atoms with Gasteiger partial charge in [-0.3, -0.25) is 9.36 Å². The van der Waals surface area contributed by atoms with Crippen LogP contribution in [0.3, 0.4) is 0 Å². The van der Waals surface area contributed by atoms with E-state index in [1.165, 1.54) is 11.8 Å². The second-order valence-corrected chi connectivity index (χ2v) is 10.7. The Labute approximate surface area is 189 Å². The Morgan fingerprint density at radius 3 is 2.72 bits per heavy atom. The van der Waals surface area contributed by atoms with Gasteiger partial charge >= 0.3 is 0 Å². The number of aromatic nitrogens is 3. The number of thioether (sulfide) groups is 1. The van der Waals surface area contributed by atoms with Crippen LogP contribution in [0, 0.1) is 0 Å². The molecule has 0 saturated carbocycles. The fourth-order valence-electron chi connectivity index (χ4n) is 3.70. The third-order valence-corrected chi connectivity index (χ3v) is 7.91. The van der Waals surface area contributed by atoms with E-state index in [2.05, 4.69) is 15.5 Å². The molecule has 2 aliphatic heterocycles. The Morgan fingerprint density at radius 1 is 1.12 bits per heavy atom. The van der Waals surface area contributed by atoms with E-state index in [4.69, 9.17) is 9.47 Å². The van der Waals surface area contributed by atoms with Crippen molar-refractivity contribution in [2.45, 2.75) is 17.6 Å². The molecule has 1 atom stereocenters. The standard InChI is InChI=1S/C21H20N4O5S2/c26-19(22-15-8-9-32(27,28)12-15)11-31-21-24-23-20(25(21)16-4-2-1-3-5-16)14-6-7-17-18(10-14)30-13-29-17/h1-7,10,15H,8-9,11-13H2,(H,22,26)/t15-/m0/s1. The SMILES string of the molecule is O=C(CSc1nnc(-c2ccc3c(c2)OCO3)n1-c1ccccc1)N[C@H]1CCS(=O)(=O)C1. The number of carbonyl (C=O) groups excluding carboxylic acids is 1. The van der Waals surface area contributed by atoms with Crippen LogP contribution in [0.4, 0.5) is 0 Å². The first-order valence-electron chi connectivity index (χ1n) is 10.0. The van der Waals surface area contributed by atoms with Gasteiger partial charge in [0.2, 0.25) is 12.7 Å². The van der Waals surface area contributed by atoms with E-state index in [-0.39, 0.29) is 36.0 Å². The van der Waals surface area contributed by atoms with Crippen molar-refractivity contribution in [1.82, 2.24) is 20.1 Å². The first-order valence-corrected chi connectivity index (χ1v) is 12.8. The summed E-state index contributed by atoms with van der Waals surface area (Å²) >= 11 is 1.25. The molecule has 1 N–H and O–H groups in total. The largest absolute Gasteiger partial charge is 0.454 e. The summed E-state index contributed by atoms with van der Waals surface area (Å²) in [7, 11) is -3.05. The quantitative estimate of drug-likeness (QED) is 0.543. The van der Waals surface area contributed by atoms with Crippen molar-refractivity contribution in [3.05, 3.63) is 48.5 Å². The van der Waals surface area contributed by atoms with Crippen molar-refractivity contribution in [1.29, 1.82) is 0 Å². The predicted molar refractivity (Wildman–Crippen MR) is 119 cm³/mol. The second kappa shape index (κ2) is 8.47. The predicted octanol–water partition coefficient (Wildman–Crippen LogP) is 2.06. The van der Waals surface area contributed by atoms with Gasteiger partial charge in [0.25, 0.3) is 0 Å². The average molecular weight is 473 g/mol. The van der Waals surface area contributed by atoms with E-state index >= 15 is 0 Å². The number of para-hydroxylation sites is 1. The fraction of sp³-hybridized carbons (Fsp3) is 0.286. The van der Waals surface area contributed by atoms with E-state index in [1.54, 1.807) is 0 Å². The first kappa shape index (κ1) is 20.8. The van der Waals surface area contributed by atoms with Gasteiger partial charge in [0.1, 0.15) is 0 Å². The van der Waals surface area contributed by atoms with Crippen LogP contribution in [-0.2, 0) is 14.6 Å². The van der Waals surface area contributed by atoms with Crippen LogP contribution < -0.4 is 14.8 Å². The summed E-state index contributed by atoms with van der Waals surface area (Å²) < 4.78 is 36.0. The van der Waals surface area contributed by atoms with Crippen molar-refractivity contribution in [3.63, 3.8) is 0 Å². The summed E-state index contributed by atoms with van der Waals surface area (Å²) in [4.78, 5) is 12.4. The van der Waals surface area contributed by atoms with Crippen LogP contribution in [0.25, 0.3) is 17.1 Å². The molecule has 1 amide bonds. The number of hydrogen-bond donors (Lipinski definition) is 1. The molecule has 0 unspecified atom stereocenters. The molecule has 0 aliphatic carbocycles. The lowest BCUT2D eigenvalue weighted by Crippen LogP contribution is -2.36. The Morgan fingerprint density at radius 2 is 1.94 bits per heavy atom. The van der Waals surface area contributed by atoms with E-state index in [9.17, 15) is 13.2 Å².